The van der Waals surface area contributed by atoms with Crippen LogP contribution < -0.4 is 10.6 Å². The maximum absolute atomic E-state index is 12.4. The fourth-order valence-electron chi connectivity index (χ4n) is 2.71. The summed E-state index contributed by atoms with van der Waals surface area (Å²) in [6, 6.07) is 14.3. The van der Waals surface area contributed by atoms with Gasteiger partial charge in [0.2, 0.25) is 0 Å². The standard InChI is InChI=1S/C22H21ClN6O/c1-29(2)9-8-26-22(30)16-5-3-4-15(10-16)20-13-25-14-21(28-20)27-18-7-6-17(12-24)19(23)11-18/h3-7,10-11,13-14H,8-9H2,1-2H3,(H,26,30)(H,27,28). The van der Waals surface area contributed by atoms with Crippen molar-refractivity contribution in [2.24, 2.45) is 0 Å². The Morgan fingerprint density at radius 1 is 1.20 bits per heavy atom. The summed E-state index contributed by atoms with van der Waals surface area (Å²) >= 11 is 6.08. The van der Waals surface area contributed by atoms with Gasteiger partial charge in [0.05, 0.1) is 28.7 Å². The van der Waals surface area contributed by atoms with Gasteiger partial charge in [0.15, 0.2) is 0 Å². The first-order chi connectivity index (χ1) is 14.5. The molecule has 2 N–H and O–H groups in total. The quantitative estimate of drug-likeness (QED) is 0.605. The van der Waals surface area contributed by atoms with Crippen LogP contribution in [0.4, 0.5) is 11.5 Å². The molecular weight excluding hydrogens is 400 g/mol. The molecule has 8 heteroatoms. The summed E-state index contributed by atoms with van der Waals surface area (Å²) < 4.78 is 0. The third kappa shape index (κ3) is 5.54. The van der Waals surface area contributed by atoms with Gasteiger partial charge in [-0.3, -0.25) is 9.78 Å². The minimum absolute atomic E-state index is 0.131. The van der Waals surface area contributed by atoms with E-state index < -0.39 is 0 Å². The number of carbonyl (C=O) groups is 1. The fourth-order valence-corrected chi connectivity index (χ4v) is 2.93. The van der Waals surface area contributed by atoms with Crippen molar-refractivity contribution < 1.29 is 4.79 Å². The van der Waals surface area contributed by atoms with Crippen LogP contribution in [-0.2, 0) is 0 Å². The molecule has 2 aromatic carbocycles. The molecule has 0 saturated carbocycles. The molecule has 0 bridgehead atoms. The zero-order valence-electron chi connectivity index (χ0n) is 16.7. The van der Waals surface area contributed by atoms with Gasteiger partial charge in [-0.1, -0.05) is 23.7 Å². The van der Waals surface area contributed by atoms with Crippen molar-refractivity contribution in [1.29, 1.82) is 5.26 Å². The highest BCUT2D eigenvalue weighted by molar-refractivity contribution is 6.32. The van der Waals surface area contributed by atoms with Crippen LogP contribution in [0.5, 0.6) is 0 Å². The molecule has 0 aliphatic rings. The van der Waals surface area contributed by atoms with Crippen LogP contribution in [0.25, 0.3) is 11.3 Å². The second-order valence-electron chi connectivity index (χ2n) is 6.86. The molecule has 0 saturated heterocycles. The number of carbonyl (C=O) groups excluding carboxylic acids is 1. The van der Waals surface area contributed by atoms with Crippen molar-refractivity contribution in [3.63, 3.8) is 0 Å². The van der Waals surface area contributed by atoms with Crippen LogP contribution >= 0.6 is 11.6 Å². The Morgan fingerprint density at radius 2 is 2.03 bits per heavy atom. The molecule has 30 heavy (non-hydrogen) atoms. The molecule has 0 radical (unpaired) electrons. The maximum Gasteiger partial charge on any atom is 0.251 e. The molecule has 0 aliphatic heterocycles. The zero-order valence-corrected chi connectivity index (χ0v) is 17.4. The summed E-state index contributed by atoms with van der Waals surface area (Å²) in [6.07, 6.45) is 3.23. The molecular formula is C22H21ClN6O. The first kappa shape index (κ1) is 21.2. The number of rotatable bonds is 7. The van der Waals surface area contributed by atoms with Gasteiger partial charge >= 0.3 is 0 Å². The minimum Gasteiger partial charge on any atom is -0.351 e. The lowest BCUT2D eigenvalue weighted by atomic mass is 10.1. The molecule has 0 fully saturated rings. The Morgan fingerprint density at radius 3 is 2.77 bits per heavy atom. The van der Waals surface area contributed by atoms with Crippen LogP contribution in [0.3, 0.4) is 0 Å². The molecule has 7 nitrogen and oxygen atoms in total. The molecule has 3 rings (SSSR count). The second kappa shape index (κ2) is 9.83. The molecule has 0 unspecified atom stereocenters. The number of nitriles is 1. The average molecular weight is 421 g/mol. The Kier molecular flexibility index (Phi) is 6.96. The van der Waals surface area contributed by atoms with Gasteiger partial charge in [-0.2, -0.15) is 5.26 Å². The normalized spacial score (nSPS) is 10.5. The van der Waals surface area contributed by atoms with Crippen LogP contribution in [0.1, 0.15) is 15.9 Å². The van der Waals surface area contributed by atoms with Gasteiger partial charge in [-0.15, -0.1) is 0 Å². The number of anilines is 2. The van der Waals surface area contributed by atoms with Crippen molar-refractivity contribution in [3.8, 4) is 17.3 Å². The highest BCUT2D eigenvalue weighted by atomic mass is 35.5. The summed E-state index contributed by atoms with van der Waals surface area (Å²) in [6.45, 7) is 1.34. The number of amides is 1. The SMILES string of the molecule is CN(C)CCNC(=O)c1cccc(-c2cncc(Nc3ccc(C#N)c(Cl)c3)n2)c1. The van der Waals surface area contributed by atoms with Crippen molar-refractivity contribution in [2.75, 3.05) is 32.5 Å². The number of hydrogen-bond donors (Lipinski definition) is 2. The van der Waals surface area contributed by atoms with Gasteiger partial charge in [0.1, 0.15) is 11.9 Å². The summed E-state index contributed by atoms with van der Waals surface area (Å²) in [5.41, 5.74) is 3.07. The van der Waals surface area contributed by atoms with Crippen LogP contribution in [0.2, 0.25) is 5.02 Å². The molecule has 1 aromatic heterocycles. The Bertz CT molecular complexity index is 1090. The summed E-state index contributed by atoms with van der Waals surface area (Å²) in [5.74, 6) is 0.391. The van der Waals surface area contributed by atoms with Gasteiger partial charge in [-0.25, -0.2) is 4.98 Å². The Hall–Kier alpha value is -3.47. The van der Waals surface area contributed by atoms with E-state index in [2.05, 4.69) is 20.6 Å². The van der Waals surface area contributed by atoms with Crippen LogP contribution in [0, 0.1) is 11.3 Å². The largest absolute Gasteiger partial charge is 0.351 e. The van der Waals surface area contributed by atoms with Crippen molar-refractivity contribution in [1.82, 2.24) is 20.2 Å². The molecule has 0 spiro atoms. The lowest BCUT2D eigenvalue weighted by molar-refractivity contribution is 0.0951. The number of nitrogens with zero attached hydrogens (tertiary/aromatic N) is 4. The summed E-state index contributed by atoms with van der Waals surface area (Å²) in [4.78, 5) is 23.2. The number of aromatic nitrogens is 2. The number of nitrogens with one attached hydrogen (secondary N) is 2. The summed E-state index contributed by atoms with van der Waals surface area (Å²) in [5, 5.41) is 15.4. The Labute approximate surface area is 180 Å². The Balaban J connectivity index is 1.76. The van der Waals surface area contributed by atoms with E-state index >= 15 is 0 Å². The lowest BCUT2D eigenvalue weighted by Gasteiger charge is -2.11. The van der Waals surface area contributed by atoms with E-state index in [4.69, 9.17) is 16.9 Å². The van der Waals surface area contributed by atoms with E-state index in [1.54, 1.807) is 42.7 Å². The highest BCUT2D eigenvalue weighted by Crippen LogP contribution is 2.24. The predicted molar refractivity (Wildman–Crippen MR) is 118 cm³/mol. The van der Waals surface area contributed by atoms with Crippen molar-refractivity contribution in [3.05, 3.63) is 71.0 Å². The highest BCUT2D eigenvalue weighted by Gasteiger charge is 2.09. The van der Waals surface area contributed by atoms with Crippen LogP contribution in [-0.4, -0.2) is 48.0 Å². The van der Waals surface area contributed by atoms with E-state index in [1.165, 1.54) is 0 Å². The van der Waals surface area contributed by atoms with Gasteiger partial charge < -0.3 is 15.5 Å². The monoisotopic (exact) mass is 420 g/mol. The minimum atomic E-state index is -0.131. The lowest BCUT2D eigenvalue weighted by Crippen LogP contribution is -2.31. The van der Waals surface area contributed by atoms with Gasteiger partial charge in [0.25, 0.3) is 5.91 Å². The first-order valence-corrected chi connectivity index (χ1v) is 9.66. The molecule has 0 aliphatic carbocycles. The molecule has 1 heterocycles. The molecule has 3 aromatic rings. The molecule has 1 amide bonds. The maximum atomic E-state index is 12.4. The average Bonchev–Trinajstić information content (AvgIpc) is 2.74. The van der Waals surface area contributed by atoms with Crippen molar-refractivity contribution in [2.45, 2.75) is 0 Å². The number of hydrogen-bond acceptors (Lipinski definition) is 6. The summed E-state index contributed by atoms with van der Waals surface area (Å²) in [7, 11) is 3.91. The first-order valence-electron chi connectivity index (χ1n) is 9.28. The molecule has 152 valence electrons. The van der Waals surface area contributed by atoms with Crippen LogP contribution in [0.15, 0.2) is 54.9 Å². The predicted octanol–water partition coefficient (Wildman–Crippen LogP) is 3.70. The van der Waals surface area contributed by atoms with E-state index in [-0.39, 0.29) is 5.91 Å². The van der Waals surface area contributed by atoms with E-state index in [0.717, 1.165) is 12.1 Å². The molecule has 0 atom stereocenters. The van der Waals surface area contributed by atoms with E-state index in [9.17, 15) is 4.79 Å². The topological polar surface area (TPSA) is 93.9 Å². The number of halogens is 1. The smallest absolute Gasteiger partial charge is 0.251 e. The van der Waals surface area contributed by atoms with Gasteiger partial charge in [0, 0.05) is 29.9 Å². The fraction of sp³-hybridized carbons (Fsp3) is 0.182. The second-order valence-corrected chi connectivity index (χ2v) is 7.27. The third-order valence-electron chi connectivity index (χ3n) is 4.26. The van der Waals surface area contributed by atoms with E-state index in [0.29, 0.717) is 39.9 Å². The van der Waals surface area contributed by atoms with Gasteiger partial charge in [-0.05, 0) is 44.4 Å². The van der Waals surface area contributed by atoms with E-state index in [1.807, 2.05) is 37.2 Å². The zero-order chi connectivity index (χ0) is 21.5. The third-order valence-corrected chi connectivity index (χ3v) is 4.57. The number of benzene rings is 2. The number of likely N-dealkylation sites (N-methyl/N-ethyl adjacent to an activating group) is 1. The van der Waals surface area contributed by atoms with Crippen molar-refractivity contribution >= 4 is 29.0 Å².